The Morgan fingerprint density at radius 2 is 2.12 bits per heavy atom. The first-order chi connectivity index (χ1) is 8.22. The molecular weight excluding hydrogens is 243 g/mol. The van der Waals surface area contributed by atoms with Crippen LogP contribution in [0.4, 0.5) is 4.39 Å². The molecular formula is C12H16ClFN2O. The van der Waals surface area contributed by atoms with E-state index in [1.54, 1.807) is 12.1 Å². The van der Waals surface area contributed by atoms with Gasteiger partial charge < -0.3 is 10.4 Å². The Morgan fingerprint density at radius 3 is 2.71 bits per heavy atom. The van der Waals surface area contributed by atoms with Crippen molar-refractivity contribution < 1.29 is 9.50 Å². The van der Waals surface area contributed by atoms with Gasteiger partial charge in [0.1, 0.15) is 5.82 Å². The van der Waals surface area contributed by atoms with Crippen molar-refractivity contribution >= 4 is 11.6 Å². The molecule has 1 aromatic carbocycles. The molecule has 3 nitrogen and oxygen atoms in total. The van der Waals surface area contributed by atoms with E-state index in [9.17, 15) is 9.50 Å². The van der Waals surface area contributed by atoms with Crippen LogP contribution in [-0.2, 0) is 0 Å². The van der Waals surface area contributed by atoms with Gasteiger partial charge in [0.05, 0.1) is 12.6 Å². The molecule has 2 rings (SSSR count). The summed E-state index contributed by atoms with van der Waals surface area (Å²) in [4.78, 5) is 2.09. The maximum absolute atomic E-state index is 13.8. The van der Waals surface area contributed by atoms with Crippen LogP contribution in [-0.4, -0.2) is 42.8 Å². The van der Waals surface area contributed by atoms with E-state index in [1.807, 2.05) is 0 Å². The molecule has 0 spiro atoms. The standard InChI is InChI=1S/C12H16ClFN2O/c13-9-1-2-10(11(14)7-9)12(8-17)16-5-3-15-4-6-16/h1-2,7,12,15,17H,3-6,8H2/t12-/m1/s1. The molecule has 0 radical (unpaired) electrons. The maximum atomic E-state index is 13.8. The van der Waals surface area contributed by atoms with E-state index < -0.39 is 0 Å². The second-order valence-electron chi connectivity index (χ2n) is 4.15. The van der Waals surface area contributed by atoms with Crippen LogP contribution >= 0.6 is 11.6 Å². The van der Waals surface area contributed by atoms with Crippen molar-refractivity contribution in [2.24, 2.45) is 0 Å². The van der Waals surface area contributed by atoms with E-state index in [4.69, 9.17) is 11.6 Å². The van der Waals surface area contributed by atoms with Crippen molar-refractivity contribution in [3.8, 4) is 0 Å². The predicted octanol–water partition coefficient (Wildman–Crippen LogP) is 1.42. The third-order valence-corrected chi connectivity index (χ3v) is 3.32. The summed E-state index contributed by atoms with van der Waals surface area (Å²) in [5.41, 5.74) is 0.513. The molecule has 1 fully saturated rings. The zero-order valence-corrected chi connectivity index (χ0v) is 10.3. The van der Waals surface area contributed by atoms with Gasteiger partial charge in [0, 0.05) is 36.8 Å². The van der Waals surface area contributed by atoms with Crippen molar-refractivity contribution in [3.63, 3.8) is 0 Å². The van der Waals surface area contributed by atoms with Crippen LogP contribution in [0.15, 0.2) is 18.2 Å². The van der Waals surface area contributed by atoms with Gasteiger partial charge in [0.15, 0.2) is 0 Å². The highest BCUT2D eigenvalue weighted by Gasteiger charge is 2.23. The lowest BCUT2D eigenvalue weighted by Gasteiger charge is -2.34. The second kappa shape index (κ2) is 5.78. The van der Waals surface area contributed by atoms with Gasteiger partial charge in [-0.25, -0.2) is 4.39 Å². The van der Waals surface area contributed by atoms with Crippen LogP contribution in [0.5, 0.6) is 0 Å². The summed E-state index contributed by atoms with van der Waals surface area (Å²) in [7, 11) is 0. The number of hydrogen-bond donors (Lipinski definition) is 2. The Bertz CT molecular complexity index is 383. The van der Waals surface area contributed by atoms with E-state index in [0.29, 0.717) is 10.6 Å². The Hall–Kier alpha value is -0.680. The molecule has 0 aliphatic carbocycles. The number of piperazine rings is 1. The molecule has 0 amide bonds. The molecule has 0 saturated carbocycles. The molecule has 1 heterocycles. The monoisotopic (exact) mass is 258 g/mol. The third-order valence-electron chi connectivity index (χ3n) is 3.09. The number of halogens is 2. The van der Waals surface area contributed by atoms with Gasteiger partial charge in [0.25, 0.3) is 0 Å². The molecule has 1 aliphatic rings. The molecule has 1 saturated heterocycles. The molecule has 1 atom stereocenters. The highest BCUT2D eigenvalue weighted by molar-refractivity contribution is 6.30. The van der Waals surface area contributed by atoms with Crippen molar-refractivity contribution in [1.82, 2.24) is 10.2 Å². The van der Waals surface area contributed by atoms with E-state index >= 15 is 0 Å². The zero-order chi connectivity index (χ0) is 12.3. The van der Waals surface area contributed by atoms with Gasteiger partial charge in [0.2, 0.25) is 0 Å². The lowest BCUT2D eigenvalue weighted by Crippen LogP contribution is -2.46. The fourth-order valence-corrected chi connectivity index (χ4v) is 2.33. The van der Waals surface area contributed by atoms with Crippen molar-refractivity contribution in [3.05, 3.63) is 34.6 Å². The van der Waals surface area contributed by atoms with E-state index in [-0.39, 0.29) is 18.5 Å². The average molecular weight is 259 g/mol. The van der Waals surface area contributed by atoms with E-state index in [2.05, 4.69) is 10.2 Å². The van der Waals surface area contributed by atoms with Crippen LogP contribution < -0.4 is 5.32 Å². The van der Waals surface area contributed by atoms with Crippen molar-refractivity contribution in [1.29, 1.82) is 0 Å². The molecule has 17 heavy (non-hydrogen) atoms. The average Bonchev–Trinajstić information content (AvgIpc) is 2.34. The summed E-state index contributed by atoms with van der Waals surface area (Å²) < 4.78 is 13.8. The SMILES string of the molecule is OC[C@H](c1ccc(Cl)cc1F)N1CCNCC1. The smallest absolute Gasteiger partial charge is 0.129 e. The molecule has 5 heteroatoms. The first kappa shape index (κ1) is 12.8. The molecule has 2 N–H and O–H groups in total. The second-order valence-corrected chi connectivity index (χ2v) is 4.59. The van der Waals surface area contributed by atoms with Gasteiger partial charge in [-0.3, -0.25) is 4.90 Å². The number of nitrogens with one attached hydrogen (secondary N) is 1. The normalized spacial score (nSPS) is 19.2. The van der Waals surface area contributed by atoms with Crippen molar-refractivity contribution in [2.45, 2.75) is 6.04 Å². The summed E-state index contributed by atoms with van der Waals surface area (Å²) in [6.45, 7) is 3.27. The van der Waals surface area contributed by atoms with Gasteiger partial charge in [-0.15, -0.1) is 0 Å². The lowest BCUT2D eigenvalue weighted by atomic mass is 10.0. The first-order valence-corrected chi connectivity index (χ1v) is 6.10. The topological polar surface area (TPSA) is 35.5 Å². The number of benzene rings is 1. The third kappa shape index (κ3) is 2.96. The highest BCUT2D eigenvalue weighted by atomic mass is 35.5. The van der Waals surface area contributed by atoms with E-state index in [0.717, 1.165) is 26.2 Å². The Kier molecular flexibility index (Phi) is 4.34. The summed E-state index contributed by atoms with van der Waals surface area (Å²) in [5.74, 6) is -0.352. The molecule has 1 aliphatic heterocycles. The van der Waals surface area contributed by atoms with Gasteiger partial charge in [-0.05, 0) is 12.1 Å². The number of hydrogen-bond acceptors (Lipinski definition) is 3. The summed E-state index contributed by atoms with van der Waals surface area (Å²) in [5, 5.41) is 13.1. The number of aliphatic hydroxyl groups is 1. The van der Waals surface area contributed by atoms with Crippen LogP contribution in [0.1, 0.15) is 11.6 Å². The molecule has 0 unspecified atom stereocenters. The Labute approximate surface area is 105 Å². The predicted molar refractivity (Wildman–Crippen MR) is 65.7 cm³/mol. The Morgan fingerprint density at radius 1 is 1.41 bits per heavy atom. The van der Waals surface area contributed by atoms with Crippen LogP contribution in [0.2, 0.25) is 5.02 Å². The van der Waals surface area contributed by atoms with Crippen LogP contribution in [0, 0.1) is 5.82 Å². The quantitative estimate of drug-likeness (QED) is 0.861. The minimum Gasteiger partial charge on any atom is -0.394 e. The summed E-state index contributed by atoms with van der Waals surface area (Å²) in [6.07, 6.45) is 0. The van der Waals surface area contributed by atoms with Crippen LogP contribution in [0.25, 0.3) is 0 Å². The minimum absolute atomic E-state index is 0.0848. The molecule has 0 aromatic heterocycles. The number of rotatable bonds is 3. The largest absolute Gasteiger partial charge is 0.394 e. The Balaban J connectivity index is 2.21. The highest BCUT2D eigenvalue weighted by Crippen LogP contribution is 2.25. The van der Waals surface area contributed by atoms with Crippen molar-refractivity contribution in [2.75, 3.05) is 32.8 Å². The molecule has 0 bridgehead atoms. The number of nitrogens with zero attached hydrogens (tertiary/aromatic N) is 1. The van der Waals surface area contributed by atoms with Gasteiger partial charge in [-0.2, -0.15) is 0 Å². The molecule has 94 valence electrons. The molecule has 1 aromatic rings. The van der Waals surface area contributed by atoms with Crippen LogP contribution in [0.3, 0.4) is 0 Å². The maximum Gasteiger partial charge on any atom is 0.129 e. The fraction of sp³-hybridized carbons (Fsp3) is 0.500. The first-order valence-electron chi connectivity index (χ1n) is 5.73. The summed E-state index contributed by atoms with van der Waals surface area (Å²) in [6, 6.07) is 4.32. The summed E-state index contributed by atoms with van der Waals surface area (Å²) >= 11 is 5.72. The minimum atomic E-state index is -0.352. The zero-order valence-electron chi connectivity index (χ0n) is 9.50. The lowest BCUT2D eigenvalue weighted by molar-refractivity contribution is 0.108. The van der Waals surface area contributed by atoms with E-state index in [1.165, 1.54) is 6.07 Å². The van der Waals surface area contributed by atoms with Gasteiger partial charge in [-0.1, -0.05) is 17.7 Å². The number of aliphatic hydroxyl groups excluding tert-OH is 1. The fourth-order valence-electron chi connectivity index (χ4n) is 2.18. The van der Waals surface area contributed by atoms with Gasteiger partial charge >= 0.3 is 0 Å².